The molecular weight excluding hydrogens is 311 g/mol. The third-order valence-corrected chi connectivity index (χ3v) is 4.48. The summed E-state index contributed by atoms with van der Waals surface area (Å²) in [5.74, 6) is -0.619. The smallest absolute Gasteiger partial charge is 0.410 e. The second-order valence-electron chi connectivity index (χ2n) is 6.16. The summed E-state index contributed by atoms with van der Waals surface area (Å²) in [4.78, 5) is 13.0. The van der Waals surface area contributed by atoms with Crippen LogP contribution in [0.15, 0.2) is 29.2 Å². The lowest BCUT2D eigenvalue weighted by Crippen LogP contribution is -2.61. The number of ether oxygens (including phenoxy) is 1. The molecule has 1 aromatic carbocycles. The second-order valence-corrected chi connectivity index (χ2v) is 7.87. The van der Waals surface area contributed by atoms with Crippen LogP contribution in [0.1, 0.15) is 20.8 Å². The predicted molar refractivity (Wildman–Crippen MR) is 78.3 cm³/mol. The van der Waals surface area contributed by atoms with Crippen LogP contribution in [0, 0.1) is 5.82 Å². The van der Waals surface area contributed by atoms with Crippen molar-refractivity contribution in [3.63, 3.8) is 0 Å². The lowest BCUT2D eigenvalue weighted by Gasteiger charge is -2.39. The molecule has 0 bridgehead atoms. The molecule has 8 heteroatoms. The number of nitrogens with zero attached hydrogens (tertiary/aromatic N) is 1. The van der Waals surface area contributed by atoms with Gasteiger partial charge in [-0.2, -0.15) is 0 Å². The van der Waals surface area contributed by atoms with Crippen molar-refractivity contribution >= 4 is 16.1 Å². The van der Waals surface area contributed by atoms with E-state index in [1.165, 1.54) is 23.1 Å². The minimum atomic E-state index is -3.80. The van der Waals surface area contributed by atoms with Crippen LogP contribution < -0.4 is 4.72 Å². The number of hydrogen-bond donors (Lipinski definition) is 1. The van der Waals surface area contributed by atoms with E-state index >= 15 is 0 Å². The molecule has 1 saturated heterocycles. The molecule has 1 heterocycles. The summed E-state index contributed by atoms with van der Waals surface area (Å²) in [6.45, 7) is 5.73. The van der Waals surface area contributed by atoms with E-state index in [1.54, 1.807) is 20.8 Å². The van der Waals surface area contributed by atoms with Crippen molar-refractivity contribution in [3.05, 3.63) is 30.1 Å². The Balaban J connectivity index is 1.91. The first-order chi connectivity index (χ1) is 10.1. The average Bonchev–Trinajstić information content (AvgIpc) is 2.31. The zero-order chi connectivity index (χ0) is 16.5. The molecule has 1 aliphatic heterocycles. The van der Waals surface area contributed by atoms with Crippen molar-refractivity contribution in [2.24, 2.45) is 0 Å². The summed E-state index contributed by atoms with van der Waals surface area (Å²) in [7, 11) is -3.80. The van der Waals surface area contributed by atoms with Gasteiger partial charge in [-0.1, -0.05) is 6.07 Å². The van der Waals surface area contributed by atoms with Crippen molar-refractivity contribution in [1.29, 1.82) is 0 Å². The fraction of sp³-hybridized carbons (Fsp3) is 0.500. The van der Waals surface area contributed by atoms with Crippen LogP contribution in [-0.2, 0) is 14.8 Å². The third kappa shape index (κ3) is 4.17. The van der Waals surface area contributed by atoms with Gasteiger partial charge in [0, 0.05) is 13.1 Å². The molecule has 1 fully saturated rings. The molecule has 0 atom stereocenters. The van der Waals surface area contributed by atoms with Crippen LogP contribution in [0.25, 0.3) is 0 Å². The lowest BCUT2D eigenvalue weighted by molar-refractivity contribution is 0.00738. The van der Waals surface area contributed by atoms with Gasteiger partial charge in [0.1, 0.15) is 11.4 Å². The van der Waals surface area contributed by atoms with Gasteiger partial charge in [0.25, 0.3) is 0 Å². The monoisotopic (exact) mass is 330 g/mol. The van der Waals surface area contributed by atoms with Gasteiger partial charge in [-0.05, 0) is 39.0 Å². The van der Waals surface area contributed by atoms with Crippen molar-refractivity contribution in [2.45, 2.75) is 37.3 Å². The van der Waals surface area contributed by atoms with Crippen molar-refractivity contribution in [3.8, 4) is 0 Å². The molecule has 1 aliphatic rings. The second kappa shape index (κ2) is 5.85. The molecule has 122 valence electrons. The van der Waals surface area contributed by atoms with E-state index < -0.39 is 33.6 Å². The van der Waals surface area contributed by atoms with E-state index in [0.717, 1.165) is 6.07 Å². The van der Waals surface area contributed by atoms with Crippen molar-refractivity contribution < 1.29 is 22.3 Å². The van der Waals surface area contributed by atoms with E-state index in [9.17, 15) is 17.6 Å². The van der Waals surface area contributed by atoms with Crippen LogP contribution >= 0.6 is 0 Å². The molecule has 0 aromatic heterocycles. The maximum Gasteiger partial charge on any atom is 0.410 e. The fourth-order valence-electron chi connectivity index (χ4n) is 1.95. The first-order valence-corrected chi connectivity index (χ1v) is 8.31. The third-order valence-electron chi connectivity index (χ3n) is 2.96. The first kappa shape index (κ1) is 16.7. The highest BCUT2D eigenvalue weighted by Crippen LogP contribution is 2.17. The Morgan fingerprint density at radius 2 is 2.00 bits per heavy atom. The number of amides is 1. The fourth-order valence-corrected chi connectivity index (χ4v) is 3.20. The normalized spacial score (nSPS) is 16.3. The zero-order valence-corrected chi connectivity index (χ0v) is 13.5. The Morgan fingerprint density at radius 1 is 1.36 bits per heavy atom. The average molecular weight is 330 g/mol. The number of rotatable bonds is 3. The number of carbonyl (C=O) groups is 1. The van der Waals surface area contributed by atoms with Gasteiger partial charge in [0.2, 0.25) is 10.0 Å². The van der Waals surface area contributed by atoms with Crippen LogP contribution in [0.5, 0.6) is 0 Å². The van der Waals surface area contributed by atoms with Gasteiger partial charge >= 0.3 is 6.09 Å². The van der Waals surface area contributed by atoms with Crippen LogP contribution in [-0.4, -0.2) is 44.1 Å². The largest absolute Gasteiger partial charge is 0.444 e. The Hall–Kier alpha value is -1.67. The highest BCUT2D eigenvalue weighted by molar-refractivity contribution is 7.89. The van der Waals surface area contributed by atoms with E-state index in [0.29, 0.717) is 0 Å². The minimum Gasteiger partial charge on any atom is -0.444 e. The molecule has 2 rings (SSSR count). The topological polar surface area (TPSA) is 75.7 Å². The molecule has 1 N–H and O–H groups in total. The molecule has 0 radical (unpaired) electrons. The van der Waals surface area contributed by atoms with Crippen LogP contribution in [0.3, 0.4) is 0 Å². The maximum absolute atomic E-state index is 13.1. The van der Waals surface area contributed by atoms with E-state index in [1.807, 2.05) is 0 Å². The molecule has 6 nitrogen and oxygen atoms in total. The number of carbonyl (C=O) groups excluding carboxylic acids is 1. The van der Waals surface area contributed by atoms with Gasteiger partial charge in [-0.3, -0.25) is 0 Å². The van der Waals surface area contributed by atoms with Gasteiger partial charge < -0.3 is 9.64 Å². The first-order valence-electron chi connectivity index (χ1n) is 6.83. The number of sulfonamides is 1. The molecule has 0 saturated carbocycles. The minimum absolute atomic E-state index is 0.136. The molecule has 22 heavy (non-hydrogen) atoms. The molecule has 1 amide bonds. The summed E-state index contributed by atoms with van der Waals surface area (Å²) in [5, 5.41) is 0. The lowest BCUT2D eigenvalue weighted by atomic mass is 10.1. The highest BCUT2D eigenvalue weighted by Gasteiger charge is 2.36. The molecule has 0 spiro atoms. The van der Waals surface area contributed by atoms with Gasteiger partial charge in [-0.25, -0.2) is 22.3 Å². The summed E-state index contributed by atoms with van der Waals surface area (Å²) < 4.78 is 44.9. The summed E-state index contributed by atoms with van der Waals surface area (Å²) in [6, 6.07) is 4.37. The van der Waals surface area contributed by atoms with Crippen molar-refractivity contribution in [2.75, 3.05) is 13.1 Å². The SMILES string of the molecule is CC(C)(C)OC(=O)N1CC(NS(=O)(=O)c2cccc(F)c2)C1. The summed E-state index contributed by atoms with van der Waals surface area (Å²) in [6.07, 6.45) is -0.478. The van der Waals surface area contributed by atoms with Gasteiger partial charge in [0.15, 0.2) is 0 Å². The Bertz CT molecular complexity index is 664. The number of benzene rings is 1. The van der Waals surface area contributed by atoms with E-state index in [-0.39, 0.29) is 18.0 Å². The van der Waals surface area contributed by atoms with Gasteiger partial charge in [0.05, 0.1) is 10.9 Å². The molecule has 0 aliphatic carbocycles. The highest BCUT2D eigenvalue weighted by atomic mass is 32.2. The molecule has 0 unspecified atom stereocenters. The standard InChI is InChI=1S/C14H19FN2O4S/c1-14(2,3)21-13(18)17-8-11(9-17)16-22(19,20)12-6-4-5-10(15)7-12/h4-7,11,16H,8-9H2,1-3H3. The van der Waals surface area contributed by atoms with Crippen LogP contribution in [0.2, 0.25) is 0 Å². The van der Waals surface area contributed by atoms with E-state index in [2.05, 4.69) is 4.72 Å². The van der Waals surface area contributed by atoms with Crippen LogP contribution in [0.4, 0.5) is 9.18 Å². The number of nitrogens with one attached hydrogen (secondary N) is 1. The summed E-state index contributed by atoms with van der Waals surface area (Å²) >= 11 is 0. The summed E-state index contributed by atoms with van der Waals surface area (Å²) in [5.41, 5.74) is -0.594. The van der Waals surface area contributed by atoms with E-state index in [4.69, 9.17) is 4.74 Å². The number of likely N-dealkylation sites (tertiary alicyclic amines) is 1. The van der Waals surface area contributed by atoms with Gasteiger partial charge in [-0.15, -0.1) is 0 Å². The molecule has 1 aromatic rings. The Morgan fingerprint density at radius 3 is 2.55 bits per heavy atom. The quantitative estimate of drug-likeness (QED) is 0.916. The Kier molecular flexibility index (Phi) is 4.44. The molecular formula is C14H19FN2O4S. The number of hydrogen-bond acceptors (Lipinski definition) is 4. The van der Waals surface area contributed by atoms with Crippen molar-refractivity contribution in [1.82, 2.24) is 9.62 Å². The maximum atomic E-state index is 13.1. The predicted octanol–water partition coefficient (Wildman–Crippen LogP) is 1.72. The number of halogens is 1. The Labute approximate surface area is 129 Å². The zero-order valence-electron chi connectivity index (χ0n) is 12.7.